The molecule has 0 atom stereocenters. The van der Waals surface area contributed by atoms with Crippen molar-refractivity contribution in [1.82, 2.24) is 15.3 Å². The normalized spacial score (nSPS) is 14.1. The van der Waals surface area contributed by atoms with Crippen LogP contribution in [0, 0.1) is 0 Å². The van der Waals surface area contributed by atoms with Crippen molar-refractivity contribution in [2.24, 2.45) is 5.73 Å². The first-order valence-electron chi connectivity index (χ1n) is 7.66. The van der Waals surface area contributed by atoms with Gasteiger partial charge in [-0.15, -0.1) is 5.06 Å². The van der Waals surface area contributed by atoms with Crippen LogP contribution in [0.1, 0.15) is 34.3 Å². The van der Waals surface area contributed by atoms with Gasteiger partial charge in [0.15, 0.2) is 0 Å². The van der Waals surface area contributed by atoms with Crippen LogP contribution in [0.5, 0.6) is 0 Å². The van der Waals surface area contributed by atoms with Crippen LogP contribution in [0.4, 0.5) is 4.79 Å². The van der Waals surface area contributed by atoms with Crippen molar-refractivity contribution in [3.8, 4) is 0 Å². The van der Waals surface area contributed by atoms with Gasteiger partial charge >= 0.3 is 6.09 Å². The van der Waals surface area contributed by atoms with E-state index >= 15 is 0 Å². The lowest BCUT2D eigenvalue weighted by molar-refractivity contribution is -0.171. The molecule has 0 bridgehead atoms. The molecule has 0 unspecified atom stereocenters. The molecular weight excluding hydrogens is 328 g/mol. The van der Waals surface area contributed by atoms with Crippen molar-refractivity contribution in [2.75, 3.05) is 14.1 Å². The second-order valence-corrected chi connectivity index (χ2v) is 5.91. The van der Waals surface area contributed by atoms with Gasteiger partial charge < -0.3 is 20.8 Å². The van der Waals surface area contributed by atoms with Crippen molar-refractivity contribution in [2.45, 2.75) is 25.9 Å². The molecule has 2 rings (SSSR count). The van der Waals surface area contributed by atoms with E-state index in [1.165, 1.54) is 0 Å². The molecule has 0 radical (unpaired) electrons. The Balaban J connectivity index is 2.00. The van der Waals surface area contributed by atoms with E-state index in [0.717, 1.165) is 11.1 Å². The van der Waals surface area contributed by atoms with Crippen LogP contribution in [-0.2, 0) is 27.5 Å². The van der Waals surface area contributed by atoms with Gasteiger partial charge in [-0.3, -0.25) is 14.4 Å². The zero-order chi connectivity index (χ0) is 18.6. The highest BCUT2D eigenvalue weighted by Gasteiger charge is 2.32. The Labute approximate surface area is 144 Å². The monoisotopic (exact) mass is 348 g/mol. The molecule has 1 heterocycles. The van der Waals surface area contributed by atoms with E-state index in [-0.39, 0.29) is 19.4 Å². The Bertz CT molecular complexity index is 700. The minimum atomic E-state index is -0.906. The number of carbonyl (C=O) groups excluding carboxylic acids is 4. The number of hydrogen-bond acceptors (Lipinski definition) is 6. The summed E-state index contributed by atoms with van der Waals surface area (Å²) < 4.78 is 0. The molecule has 1 fully saturated rings. The Morgan fingerprint density at radius 1 is 1.24 bits per heavy atom. The molecule has 4 amide bonds. The Hall–Kier alpha value is -2.94. The number of hydrogen-bond donors (Lipinski definition) is 2. The van der Waals surface area contributed by atoms with Crippen molar-refractivity contribution < 1.29 is 24.0 Å². The number of amides is 4. The van der Waals surface area contributed by atoms with E-state index < -0.39 is 23.8 Å². The fourth-order valence-corrected chi connectivity index (χ4v) is 2.42. The summed E-state index contributed by atoms with van der Waals surface area (Å²) in [6.07, 6.45) is -0.833. The maximum absolute atomic E-state index is 11.7. The van der Waals surface area contributed by atoms with Crippen LogP contribution in [0.25, 0.3) is 0 Å². The van der Waals surface area contributed by atoms with Crippen molar-refractivity contribution in [3.63, 3.8) is 0 Å². The Morgan fingerprint density at radius 2 is 1.88 bits per heavy atom. The summed E-state index contributed by atoms with van der Waals surface area (Å²) in [4.78, 5) is 52.6. The molecule has 0 aromatic heterocycles. The zero-order valence-electron chi connectivity index (χ0n) is 14.1. The first kappa shape index (κ1) is 18.4. The highest BCUT2D eigenvalue weighted by molar-refractivity contribution is 6.01. The summed E-state index contributed by atoms with van der Waals surface area (Å²) in [5, 5.41) is 2.93. The topological polar surface area (TPSA) is 122 Å². The first-order chi connectivity index (χ1) is 11.8. The van der Waals surface area contributed by atoms with Gasteiger partial charge in [0.05, 0.1) is 0 Å². The minimum absolute atomic E-state index is 0.0363. The van der Waals surface area contributed by atoms with Gasteiger partial charge in [-0.05, 0) is 31.3 Å². The molecule has 1 aliphatic heterocycles. The third kappa shape index (κ3) is 4.77. The molecule has 0 saturated carbocycles. The summed E-state index contributed by atoms with van der Waals surface area (Å²) in [7, 11) is 3.72. The standard InChI is InChI=1S/C16H20N4O5/c1-19(2)9-11-7-10(3-4-12(11)15(17)23)8-18-16(24)25-20-13(21)5-6-14(20)22/h3-4,7H,5-6,8-9H2,1-2H3,(H2,17,23)(H,18,24). The van der Waals surface area contributed by atoms with Crippen LogP contribution in [0.3, 0.4) is 0 Å². The van der Waals surface area contributed by atoms with E-state index in [9.17, 15) is 19.2 Å². The maximum Gasteiger partial charge on any atom is 0.432 e. The molecule has 0 spiro atoms. The molecule has 25 heavy (non-hydrogen) atoms. The van der Waals surface area contributed by atoms with Gasteiger partial charge in [0, 0.05) is 31.5 Å². The van der Waals surface area contributed by atoms with Gasteiger partial charge in [0.2, 0.25) is 5.91 Å². The molecule has 9 nitrogen and oxygen atoms in total. The van der Waals surface area contributed by atoms with Crippen LogP contribution in [-0.4, -0.2) is 47.9 Å². The van der Waals surface area contributed by atoms with Crippen LogP contribution in [0.15, 0.2) is 18.2 Å². The number of imide groups is 1. The van der Waals surface area contributed by atoms with Crippen LogP contribution in [0.2, 0.25) is 0 Å². The average molecular weight is 348 g/mol. The Kier molecular flexibility index (Phi) is 5.71. The zero-order valence-corrected chi connectivity index (χ0v) is 14.1. The number of hydroxylamine groups is 2. The summed E-state index contributed by atoms with van der Waals surface area (Å²) in [6.45, 7) is 0.613. The molecule has 3 N–H and O–H groups in total. The molecule has 1 saturated heterocycles. The van der Waals surface area contributed by atoms with E-state index in [1.54, 1.807) is 18.2 Å². The van der Waals surface area contributed by atoms with Crippen LogP contribution >= 0.6 is 0 Å². The number of nitrogens with two attached hydrogens (primary N) is 1. The number of benzene rings is 1. The van der Waals surface area contributed by atoms with Gasteiger partial charge in [0.25, 0.3) is 11.8 Å². The predicted octanol–water partition coefficient (Wildman–Crippen LogP) is 0.137. The fourth-order valence-electron chi connectivity index (χ4n) is 2.42. The molecule has 9 heteroatoms. The lowest BCUT2D eigenvalue weighted by Crippen LogP contribution is -2.36. The van der Waals surface area contributed by atoms with Gasteiger partial charge in [-0.2, -0.15) is 0 Å². The van der Waals surface area contributed by atoms with E-state index in [1.807, 2.05) is 19.0 Å². The van der Waals surface area contributed by atoms with Gasteiger partial charge in [-0.25, -0.2) is 4.79 Å². The SMILES string of the molecule is CN(C)Cc1cc(CNC(=O)ON2C(=O)CCC2=O)ccc1C(N)=O. The van der Waals surface area contributed by atoms with E-state index in [2.05, 4.69) is 5.32 Å². The summed E-state index contributed by atoms with van der Waals surface area (Å²) in [6, 6.07) is 5.01. The third-order valence-electron chi connectivity index (χ3n) is 3.54. The Morgan fingerprint density at radius 3 is 2.44 bits per heavy atom. The van der Waals surface area contributed by atoms with Crippen LogP contribution < -0.4 is 11.1 Å². The largest absolute Gasteiger partial charge is 0.432 e. The maximum atomic E-state index is 11.7. The van der Waals surface area contributed by atoms with E-state index in [4.69, 9.17) is 10.6 Å². The summed E-state index contributed by atoms with van der Waals surface area (Å²) in [5.41, 5.74) is 7.23. The second-order valence-electron chi connectivity index (χ2n) is 5.91. The highest BCUT2D eigenvalue weighted by atomic mass is 16.7. The predicted molar refractivity (Wildman–Crippen MR) is 86.8 cm³/mol. The molecule has 1 aromatic carbocycles. The third-order valence-corrected chi connectivity index (χ3v) is 3.54. The van der Waals surface area contributed by atoms with Crippen molar-refractivity contribution in [1.29, 1.82) is 0 Å². The average Bonchev–Trinajstić information content (AvgIpc) is 2.84. The second kappa shape index (κ2) is 7.75. The fraction of sp³-hybridized carbons (Fsp3) is 0.375. The molecule has 134 valence electrons. The number of nitrogens with one attached hydrogen (secondary N) is 1. The van der Waals surface area contributed by atoms with Crippen molar-refractivity contribution >= 4 is 23.8 Å². The van der Waals surface area contributed by atoms with Gasteiger partial charge in [-0.1, -0.05) is 12.1 Å². The lowest BCUT2D eigenvalue weighted by Gasteiger charge is -2.15. The lowest BCUT2D eigenvalue weighted by atomic mass is 10.0. The summed E-state index contributed by atoms with van der Waals surface area (Å²) >= 11 is 0. The quantitative estimate of drug-likeness (QED) is 0.705. The van der Waals surface area contributed by atoms with Gasteiger partial charge in [0.1, 0.15) is 0 Å². The van der Waals surface area contributed by atoms with E-state index in [0.29, 0.717) is 17.2 Å². The first-order valence-corrected chi connectivity index (χ1v) is 7.66. The number of primary amides is 1. The molecular formula is C16H20N4O5. The molecule has 0 aliphatic carbocycles. The number of rotatable bonds is 6. The molecule has 1 aliphatic rings. The smallest absolute Gasteiger partial charge is 0.366 e. The minimum Gasteiger partial charge on any atom is -0.366 e. The summed E-state index contributed by atoms with van der Waals surface area (Å²) in [5.74, 6) is -1.61. The highest BCUT2D eigenvalue weighted by Crippen LogP contribution is 2.15. The number of nitrogens with zero attached hydrogens (tertiary/aromatic N) is 2. The molecule has 1 aromatic rings. The number of carbonyl (C=O) groups is 4. The van der Waals surface area contributed by atoms with Crippen molar-refractivity contribution in [3.05, 3.63) is 34.9 Å².